The molecule has 1 aliphatic carbocycles. The maximum atomic E-state index is 13.2. The van der Waals surface area contributed by atoms with Crippen LogP contribution in [0.4, 0.5) is 11.5 Å². The highest BCUT2D eigenvalue weighted by Crippen LogP contribution is 2.33. The molecule has 3 aromatic rings. The lowest BCUT2D eigenvalue weighted by Crippen LogP contribution is -2.26. The molecule has 1 aliphatic heterocycles. The van der Waals surface area contributed by atoms with E-state index in [1.807, 2.05) is 36.4 Å². The minimum absolute atomic E-state index is 0.000179. The fraction of sp³-hybridized carbons (Fsp3) is 0.333. The Balaban J connectivity index is 1.39. The highest BCUT2D eigenvalue weighted by Gasteiger charge is 2.29. The number of nitrogens with zero attached hydrogens (tertiary/aromatic N) is 4. The molecule has 1 saturated heterocycles. The standard InChI is InChI=1S/C24H25N5O/c30-24(27-18-11-13-26-22(16-18)29-14-3-4-15-29)19-7-5-6-17-9-10-21(28-23(17)19)20-8-1-2-12-25-20/h1-2,8-13,16,19H,3-7,14-15H2,(H,26,27,30). The fourth-order valence-electron chi connectivity index (χ4n) is 4.41. The molecule has 0 aromatic carbocycles. The Morgan fingerprint density at radius 2 is 1.87 bits per heavy atom. The number of anilines is 2. The quantitative estimate of drug-likeness (QED) is 0.712. The third kappa shape index (κ3) is 3.77. The van der Waals surface area contributed by atoms with Crippen molar-refractivity contribution >= 4 is 17.4 Å². The summed E-state index contributed by atoms with van der Waals surface area (Å²) in [6.07, 6.45) is 8.69. The van der Waals surface area contributed by atoms with Crippen molar-refractivity contribution in [2.24, 2.45) is 0 Å². The topological polar surface area (TPSA) is 71.0 Å². The van der Waals surface area contributed by atoms with Crippen LogP contribution in [0.1, 0.15) is 42.9 Å². The maximum Gasteiger partial charge on any atom is 0.233 e. The van der Waals surface area contributed by atoms with E-state index in [0.29, 0.717) is 0 Å². The van der Waals surface area contributed by atoms with Crippen LogP contribution in [0.25, 0.3) is 11.4 Å². The molecule has 1 N–H and O–H groups in total. The van der Waals surface area contributed by atoms with E-state index >= 15 is 0 Å². The van der Waals surface area contributed by atoms with Crippen molar-refractivity contribution in [3.8, 4) is 11.4 Å². The van der Waals surface area contributed by atoms with E-state index in [1.165, 1.54) is 12.8 Å². The summed E-state index contributed by atoms with van der Waals surface area (Å²) >= 11 is 0. The minimum Gasteiger partial charge on any atom is -0.357 e. The van der Waals surface area contributed by atoms with Gasteiger partial charge in [-0.05, 0) is 61.9 Å². The van der Waals surface area contributed by atoms with Crippen LogP contribution >= 0.6 is 0 Å². The van der Waals surface area contributed by atoms with Gasteiger partial charge in [0.2, 0.25) is 5.91 Å². The van der Waals surface area contributed by atoms with E-state index in [-0.39, 0.29) is 11.8 Å². The van der Waals surface area contributed by atoms with Gasteiger partial charge in [0, 0.05) is 37.2 Å². The molecule has 1 fully saturated rings. The van der Waals surface area contributed by atoms with Gasteiger partial charge >= 0.3 is 0 Å². The number of hydrogen-bond donors (Lipinski definition) is 1. The molecule has 5 rings (SSSR count). The van der Waals surface area contributed by atoms with Gasteiger partial charge in [0.25, 0.3) is 0 Å². The zero-order chi connectivity index (χ0) is 20.3. The second-order valence-corrected chi connectivity index (χ2v) is 7.99. The molecule has 4 heterocycles. The van der Waals surface area contributed by atoms with Crippen molar-refractivity contribution in [3.05, 3.63) is 66.1 Å². The summed E-state index contributed by atoms with van der Waals surface area (Å²) in [6, 6.07) is 13.7. The molecule has 3 aromatic heterocycles. The van der Waals surface area contributed by atoms with Crippen molar-refractivity contribution in [3.63, 3.8) is 0 Å². The molecule has 2 aliphatic rings. The molecule has 6 nitrogen and oxygen atoms in total. The first-order chi connectivity index (χ1) is 14.8. The third-order valence-electron chi connectivity index (χ3n) is 5.97. The Morgan fingerprint density at radius 1 is 0.967 bits per heavy atom. The van der Waals surface area contributed by atoms with Crippen LogP contribution in [-0.4, -0.2) is 33.9 Å². The summed E-state index contributed by atoms with van der Waals surface area (Å²) in [7, 11) is 0. The first-order valence-corrected chi connectivity index (χ1v) is 10.7. The number of rotatable bonds is 4. The number of nitrogens with one attached hydrogen (secondary N) is 1. The molecule has 1 unspecified atom stereocenters. The molecular weight excluding hydrogens is 374 g/mol. The number of carbonyl (C=O) groups is 1. The zero-order valence-corrected chi connectivity index (χ0v) is 16.9. The van der Waals surface area contributed by atoms with Crippen LogP contribution < -0.4 is 10.2 Å². The van der Waals surface area contributed by atoms with Gasteiger partial charge in [-0.2, -0.15) is 0 Å². The first-order valence-electron chi connectivity index (χ1n) is 10.7. The van der Waals surface area contributed by atoms with Crippen LogP contribution in [0.15, 0.2) is 54.9 Å². The summed E-state index contributed by atoms with van der Waals surface area (Å²) in [5.74, 6) is 0.686. The van der Waals surface area contributed by atoms with E-state index in [1.54, 1.807) is 12.4 Å². The smallest absolute Gasteiger partial charge is 0.233 e. The minimum atomic E-state index is -0.249. The van der Waals surface area contributed by atoms with E-state index < -0.39 is 0 Å². The number of amides is 1. The van der Waals surface area contributed by atoms with E-state index in [9.17, 15) is 4.79 Å². The molecule has 152 valence electrons. The third-order valence-corrected chi connectivity index (χ3v) is 5.97. The predicted octanol–water partition coefficient (Wildman–Crippen LogP) is 4.20. The number of hydrogen-bond acceptors (Lipinski definition) is 5. The summed E-state index contributed by atoms with van der Waals surface area (Å²) < 4.78 is 0. The van der Waals surface area contributed by atoms with Gasteiger partial charge in [0.15, 0.2) is 0 Å². The van der Waals surface area contributed by atoms with Crippen molar-refractivity contribution in [1.29, 1.82) is 0 Å². The van der Waals surface area contributed by atoms with Crippen molar-refractivity contribution in [2.75, 3.05) is 23.3 Å². The molecule has 0 spiro atoms. The predicted molar refractivity (Wildman–Crippen MR) is 117 cm³/mol. The Labute approximate surface area is 176 Å². The van der Waals surface area contributed by atoms with Gasteiger partial charge in [0.05, 0.1) is 23.0 Å². The number of pyridine rings is 3. The lowest BCUT2D eigenvalue weighted by atomic mass is 9.85. The van der Waals surface area contributed by atoms with Crippen LogP contribution in [0, 0.1) is 0 Å². The van der Waals surface area contributed by atoms with Gasteiger partial charge in [0.1, 0.15) is 5.82 Å². The normalized spacial score (nSPS) is 18.1. The fourth-order valence-corrected chi connectivity index (χ4v) is 4.41. The molecule has 30 heavy (non-hydrogen) atoms. The van der Waals surface area contributed by atoms with Gasteiger partial charge in [-0.15, -0.1) is 0 Å². The SMILES string of the molecule is O=C(Nc1ccnc(N2CCCC2)c1)C1CCCc2ccc(-c3ccccn3)nc21. The van der Waals surface area contributed by atoms with E-state index in [2.05, 4.69) is 26.3 Å². The summed E-state index contributed by atoms with van der Waals surface area (Å²) in [4.78, 5) is 29.2. The largest absolute Gasteiger partial charge is 0.357 e. The molecule has 6 heteroatoms. The summed E-state index contributed by atoms with van der Waals surface area (Å²) in [6.45, 7) is 2.06. The molecule has 1 atom stereocenters. The second kappa shape index (κ2) is 8.22. The van der Waals surface area contributed by atoms with Crippen LogP contribution in [0.2, 0.25) is 0 Å². The van der Waals surface area contributed by atoms with Crippen LogP contribution in [-0.2, 0) is 11.2 Å². The van der Waals surface area contributed by atoms with Crippen LogP contribution in [0.3, 0.4) is 0 Å². The Bertz CT molecular complexity index is 1050. The van der Waals surface area contributed by atoms with Gasteiger partial charge in [-0.25, -0.2) is 4.98 Å². The van der Waals surface area contributed by atoms with Gasteiger partial charge < -0.3 is 10.2 Å². The maximum absolute atomic E-state index is 13.2. The van der Waals surface area contributed by atoms with Crippen molar-refractivity contribution in [2.45, 2.75) is 38.0 Å². The zero-order valence-electron chi connectivity index (χ0n) is 16.9. The highest BCUT2D eigenvalue weighted by molar-refractivity contribution is 5.96. The van der Waals surface area contributed by atoms with Crippen molar-refractivity contribution in [1.82, 2.24) is 15.0 Å². The average Bonchev–Trinajstić information content (AvgIpc) is 3.34. The Kier molecular flexibility index (Phi) is 5.13. The highest BCUT2D eigenvalue weighted by atomic mass is 16.1. The molecular formula is C24H25N5O. The molecule has 0 saturated carbocycles. The first kappa shape index (κ1) is 18.7. The molecule has 0 bridgehead atoms. The van der Waals surface area contributed by atoms with Gasteiger partial charge in [-0.3, -0.25) is 14.8 Å². The Hall–Kier alpha value is -3.28. The number of fused-ring (bicyclic) bond motifs is 1. The molecule has 0 radical (unpaired) electrons. The lowest BCUT2D eigenvalue weighted by Gasteiger charge is -2.24. The molecule has 1 amide bonds. The summed E-state index contributed by atoms with van der Waals surface area (Å²) in [5.41, 5.74) is 4.48. The van der Waals surface area contributed by atoms with Crippen LogP contribution in [0.5, 0.6) is 0 Å². The number of aromatic nitrogens is 3. The Morgan fingerprint density at radius 3 is 2.70 bits per heavy atom. The van der Waals surface area contributed by atoms with Crippen molar-refractivity contribution < 1.29 is 4.79 Å². The number of carbonyl (C=O) groups excluding carboxylic acids is 1. The summed E-state index contributed by atoms with van der Waals surface area (Å²) in [5, 5.41) is 3.11. The monoisotopic (exact) mass is 399 g/mol. The van der Waals surface area contributed by atoms with Gasteiger partial charge in [-0.1, -0.05) is 12.1 Å². The second-order valence-electron chi connectivity index (χ2n) is 7.99. The average molecular weight is 399 g/mol. The number of aryl methyl sites for hydroxylation is 1. The lowest BCUT2D eigenvalue weighted by molar-refractivity contribution is -0.118. The van der Waals surface area contributed by atoms with E-state index in [4.69, 9.17) is 4.98 Å². The van der Waals surface area contributed by atoms with E-state index in [0.717, 1.165) is 66.5 Å².